The molecule has 4 saturated carbocycles. The van der Waals surface area contributed by atoms with Gasteiger partial charge >= 0.3 is 0 Å². The van der Waals surface area contributed by atoms with E-state index in [1.165, 1.54) is 106 Å². The van der Waals surface area contributed by atoms with Crippen molar-refractivity contribution in [2.24, 2.45) is 23.7 Å². The molecular weight excluding hydrogens is 617 g/mol. The van der Waals surface area contributed by atoms with Gasteiger partial charge in [0, 0.05) is 51.3 Å². The maximum Gasteiger partial charge on any atom is 0.0434 e. The minimum atomic E-state index is 0.196. The van der Waals surface area contributed by atoms with Gasteiger partial charge in [-0.25, -0.2) is 0 Å². The van der Waals surface area contributed by atoms with E-state index in [1.54, 1.807) is 11.1 Å². The Kier molecular flexibility index (Phi) is 5.26. The molecule has 5 aliphatic rings. The highest BCUT2D eigenvalue weighted by Crippen LogP contribution is 2.70. The van der Waals surface area contributed by atoms with Crippen molar-refractivity contribution in [1.29, 1.82) is 0 Å². The van der Waals surface area contributed by atoms with Crippen molar-refractivity contribution in [3.05, 3.63) is 132 Å². The molecule has 48 heavy (non-hydrogen) atoms. The molecule has 0 saturated heterocycles. The van der Waals surface area contributed by atoms with E-state index in [-0.39, 0.29) is 5.41 Å². The van der Waals surface area contributed by atoms with Crippen molar-refractivity contribution < 1.29 is 0 Å². The molecule has 0 unspecified atom stereocenters. The van der Waals surface area contributed by atoms with Gasteiger partial charge in [0.2, 0.25) is 0 Å². The second-order valence-corrected chi connectivity index (χ2v) is 17.3. The van der Waals surface area contributed by atoms with Crippen LogP contribution in [0, 0.1) is 23.7 Å². The highest BCUT2D eigenvalue weighted by molar-refractivity contribution is 7.27. The summed E-state index contributed by atoms with van der Waals surface area (Å²) in [4.78, 5) is 0. The molecule has 0 radical (unpaired) electrons. The standard InChI is InChI=1S/C46H34S2/c1-3-15-39-38(9-1)43-34(11-7-16-40(43)46(39)29-21-26-20-27(23-29)24-30(46)22-26)35-12-6-14-37-36-13-5-10-31(44(36)48-45(35)37)28-18-19-33-32-8-2-4-17-41(32)47-42(33)25-28/h1-19,25-27,29-30H,20-24H2. The second kappa shape index (κ2) is 9.47. The Morgan fingerprint density at radius 1 is 0.438 bits per heavy atom. The first kappa shape index (κ1) is 26.7. The molecule has 4 fully saturated rings. The fourth-order valence-electron chi connectivity index (χ4n) is 11.6. The second-order valence-electron chi connectivity index (χ2n) is 15.2. The summed E-state index contributed by atoms with van der Waals surface area (Å²) >= 11 is 3.90. The van der Waals surface area contributed by atoms with Crippen molar-refractivity contribution in [3.8, 4) is 33.4 Å². The Morgan fingerprint density at radius 3 is 1.88 bits per heavy atom. The molecule has 0 nitrogen and oxygen atoms in total. The maximum atomic E-state index is 2.54. The Hall–Kier alpha value is -4.24. The Balaban J connectivity index is 1.08. The molecule has 1 spiro atoms. The SMILES string of the molecule is c1ccc2c(c1)-c1c(-c3cccc4c3sc3c(-c5ccc6c(c5)sc5ccccc56)cccc34)cccc1C21C2CC3CC(C2)CC1C3. The van der Waals surface area contributed by atoms with Gasteiger partial charge in [-0.15, -0.1) is 22.7 Å². The Morgan fingerprint density at radius 2 is 1.04 bits per heavy atom. The smallest absolute Gasteiger partial charge is 0.0434 e. The minimum Gasteiger partial charge on any atom is -0.135 e. The van der Waals surface area contributed by atoms with Crippen LogP contribution in [0.2, 0.25) is 0 Å². The van der Waals surface area contributed by atoms with E-state index >= 15 is 0 Å². The number of thiophene rings is 2. The van der Waals surface area contributed by atoms with Gasteiger partial charge in [-0.1, -0.05) is 109 Å². The molecule has 0 atom stereocenters. The zero-order valence-electron chi connectivity index (χ0n) is 26.7. The molecule has 0 amide bonds. The van der Waals surface area contributed by atoms with Gasteiger partial charge in [0.05, 0.1) is 0 Å². The molecule has 2 heteroatoms. The third-order valence-corrected chi connectivity index (χ3v) is 15.5. The summed E-state index contributed by atoms with van der Waals surface area (Å²) in [6.45, 7) is 0. The van der Waals surface area contributed by atoms with Crippen LogP contribution in [0.1, 0.15) is 43.2 Å². The van der Waals surface area contributed by atoms with Crippen LogP contribution in [0.15, 0.2) is 121 Å². The first-order valence-electron chi connectivity index (χ1n) is 17.9. The van der Waals surface area contributed by atoms with E-state index in [4.69, 9.17) is 0 Å². The van der Waals surface area contributed by atoms with E-state index in [2.05, 4.69) is 121 Å². The molecule has 2 heterocycles. The number of fused-ring (bicyclic) bond motifs is 9. The number of rotatable bonds is 2. The Labute approximate surface area is 288 Å². The van der Waals surface area contributed by atoms with E-state index in [0.717, 1.165) is 23.7 Å². The molecule has 2 aromatic heterocycles. The summed E-state index contributed by atoms with van der Waals surface area (Å²) in [5, 5.41) is 5.48. The third-order valence-electron chi connectivity index (χ3n) is 13.1. The topological polar surface area (TPSA) is 0 Å². The van der Waals surface area contributed by atoms with Crippen LogP contribution in [0.4, 0.5) is 0 Å². The van der Waals surface area contributed by atoms with Crippen LogP contribution < -0.4 is 0 Å². The first-order chi connectivity index (χ1) is 23.8. The van der Waals surface area contributed by atoms with Crippen molar-refractivity contribution in [3.63, 3.8) is 0 Å². The van der Waals surface area contributed by atoms with Gasteiger partial charge in [0.25, 0.3) is 0 Å². The lowest BCUT2D eigenvalue weighted by atomic mass is 9.43. The highest BCUT2D eigenvalue weighted by Gasteiger charge is 2.61. The van der Waals surface area contributed by atoms with Crippen molar-refractivity contribution in [1.82, 2.24) is 0 Å². The third kappa shape index (κ3) is 3.31. The summed E-state index contributed by atoms with van der Waals surface area (Å²) in [5.41, 5.74) is 12.0. The van der Waals surface area contributed by atoms with Gasteiger partial charge in [-0.3, -0.25) is 0 Å². The quantitative estimate of drug-likeness (QED) is 0.175. The fraction of sp³-hybridized carbons (Fsp3) is 0.217. The summed E-state index contributed by atoms with van der Waals surface area (Å²) in [7, 11) is 0. The van der Waals surface area contributed by atoms with Gasteiger partial charge in [0.1, 0.15) is 0 Å². The number of hydrogen-bond acceptors (Lipinski definition) is 2. The van der Waals surface area contributed by atoms with Crippen LogP contribution in [0.25, 0.3) is 73.7 Å². The normalized spacial score (nSPS) is 25.2. The van der Waals surface area contributed by atoms with Gasteiger partial charge in [0.15, 0.2) is 0 Å². The lowest BCUT2D eigenvalue weighted by molar-refractivity contribution is -0.0399. The molecule has 4 bridgehead atoms. The van der Waals surface area contributed by atoms with Crippen LogP contribution in [-0.2, 0) is 5.41 Å². The van der Waals surface area contributed by atoms with Gasteiger partial charge in [-0.2, -0.15) is 0 Å². The van der Waals surface area contributed by atoms with Crippen LogP contribution in [0.3, 0.4) is 0 Å². The average Bonchev–Trinajstić information content (AvgIpc) is 3.78. The lowest BCUT2D eigenvalue weighted by Crippen LogP contribution is -2.55. The molecular formula is C46H34S2. The zero-order valence-corrected chi connectivity index (χ0v) is 28.3. The van der Waals surface area contributed by atoms with Crippen molar-refractivity contribution in [2.75, 3.05) is 0 Å². The molecule has 6 aromatic carbocycles. The molecule has 0 N–H and O–H groups in total. The van der Waals surface area contributed by atoms with Crippen LogP contribution >= 0.6 is 22.7 Å². The monoisotopic (exact) mass is 650 g/mol. The predicted molar refractivity (Wildman–Crippen MR) is 206 cm³/mol. The van der Waals surface area contributed by atoms with Crippen molar-refractivity contribution >= 4 is 63.0 Å². The lowest BCUT2D eigenvalue weighted by Gasteiger charge is -2.61. The van der Waals surface area contributed by atoms with E-state index in [0.29, 0.717) is 0 Å². The summed E-state index contributed by atoms with van der Waals surface area (Å²) in [6.07, 6.45) is 7.19. The van der Waals surface area contributed by atoms with Gasteiger partial charge < -0.3 is 0 Å². The minimum absolute atomic E-state index is 0.196. The van der Waals surface area contributed by atoms with E-state index in [9.17, 15) is 0 Å². The molecule has 8 aromatic rings. The molecule has 5 aliphatic carbocycles. The molecule has 0 aliphatic heterocycles. The molecule has 230 valence electrons. The van der Waals surface area contributed by atoms with Gasteiger partial charge in [-0.05, 0) is 107 Å². The van der Waals surface area contributed by atoms with Crippen LogP contribution in [0.5, 0.6) is 0 Å². The van der Waals surface area contributed by atoms with E-state index in [1.807, 2.05) is 22.7 Å². The van der Waals surface area contributed by atoms with Crippen molar-refractivity contribution in [2.45, 2.75) is 37.5 Å². The van der Waals surface area contributed by atoms with E-state index < -0.39 is 0 Å². The summed E-state index contributed by atoms with van der Waals surface area (Å²) < 4.78 is 5.54. The predicted octanol–water partition coefficient (Wildman–Crippen LogP) is 13.5. The first-order valence-corrected chi connectivity index (χ1v) is 19.5. The summed E-state index contributed by atoms with van der Waals surface area (Å²) in [6, 6.07) is 46.8. The molecule has 13 rings (SSSR count). The number of benzene rings is 6. The fourth-order valence-corrected chi connectivity index (χ4v) is 14.1. The maximum absolute atomic E-state index is 2.54. The zero-order chi connectivity index (χ0) is 31.1. The average molecular weight is 651 g/mol. The Bertz CT molecular complexity index is 2620. The largest absolute Gasteiger partial charge is 0.135 e. The number of hydrogen-bond donors (Lipinski definition) is 0. The van der Waals surface area contributed by atoms with Crippen LogP contribution in [-0.4, -0.2) is 0 Å². The highest BCUT2D eigenvalue weighted by atomic mass is 32.1. The summed E-state index contributed by atoms with van der Waals surface area (Å²) in [5.74, 6) is 3.48.